The molecule has 0 aromatic heterocycles. The number of aliphatic carboxylic acids is 1. The summed E-state index contributed by atoms with van der Waals surface area (Å²) in [6.45, 7) is 2.43. The number of amides is 1. The van der Waals surface area contributed by atoms with Crippen molar-refractivity contribution >= 4 is 12.1 Å². The highest BCUT2D eigenvalue weighted by Crippen LogP contribution is 2.23. The number of hydrogen-bond donors (Lipinski definition) is 2. The second kappa shape index (κ2) is 3.64. The fourth-order valence-corrected chi connectivity index (χ4v) is 1.69. The van der Waals surface area contributed by atoms with Gasteiger partial charge >= 0.3 is 12.1 Å². The molecule has 5 heteroatoms. The summed E-state index contributed by atoms with van der Waals surface area (Å²) < 4.78 is 0. The maximum absolute atomic E-state index is 10.7. The molecule has 0 aromatic carbocycles. The molecule has 1 fully saturated rings. The highest BCUT2D eigenvalue weighted by molar-refractivity contribution is 5.71. The van der Waals surface area contributed by atoms with E-state index in [4.69, 9.17) is 10.2 Å². The summed E-state index contributed by atoms with van der Waals surface area (Å²) in [7, 11) is 0. The molecule has 2 unspecified atom stereocenters. The molecule has 0 saturated carbocycles. The summed E-state index contributed by atoms with van der Waals surface area (Å²) in [4.78, 5) is 22.5. The molecule has 1 aliphatic rings. The highest BCUT2D eigenvalue weighted by atomic mass is 16.4. The van der Waals surface area contributed by atoms with E-state index in [-0.39, 0.29) is 5.92 Å². The van der Waals surface area contributed by atoms with Crippen molar-refractivity contribution in [1.29, 1.82) is 0 Å². The van der Waals surface area contributed by atoms with Gasteiger partial charge in [-0.3, -0.25) is 4.79 Å². The van der Waals surface area contributed by atoms with E-state index < -0.39 is 18.0 Å². The topological polar surface area (TPSA) is 77.8 Å². The van der Waals surface area contributed by atoms with Crippen LogP contribution in [0.5, 0.6) is 0 Å². The molecule has 2 atom stereocenters. The SMILES string of the molecule is CC1CN(C(=O)O)CCC1C(=O)O. The van der Waals surface area contributed by atoms with Gasteiger partial charge in [0, 0.05) is 13.1 Å². The van der Waals surface area contributed by atoms with E-state index >= 15 is 0 Å². The van der Waals surface area contributed by atoms with E-state index in [9.17, 15) is 9.59 Å². The number of carboxylic acid groups (broad SMARTS) is 2. The van der Waals surface area contributed by atoms with Crippen LogP contribution < -0.4 is 0 Å². The molecule has 13 heavy (non-hydrogen) atoms. The first-order valence-electron chi connectivity index (χ1n) is 4.23. The van der Waals surface area contributed by atoms with Crippen LogP contribution in [0.15, 0.2) is 0 Å². The van der Waals surface area contributed by atoms with E-state index in [1.165, 1.54) is 4.90 Å². The van der Waals surface area contributed by atoms with Crippen LogP contribution in [0.4, 0.5) is 4.79 Å². The van der Waals surface area contributed by atoms with Crippen LogP contribution in [-0.4, -0.2) is 40.3 Å². The lowest BCUT2D eigenvalue weighted by atomic mass is 9.87. The maximum Gasteiger partial charge on any atom is 0.407 e. The third kappa shape index (κ3) is 2.11. The van der Waals surface area contributed by atoms with Crippen LogP contribution in [0.25, 0.3) is 0 Å². The fraction of sp³-hybridized carbons (Fsp3) is 0.750. The third-order valence-corrected chi connectivity index (χ3v) is 2.49. The number of carboxylic acids is 1. The largest absolute Gasteiger partial charge is 0.481 e. The summed E-state index contributed by atoms with van der Waals surface area (Å²) >= 11 is 0. The number of likely N-dealkylation sites (tertiary alicyclic amines) is 1. The van der Waals surface area contributed by atoms with Crippen LogP contribution >= 0.6 is 0 Å². The smallest absolute Gasteiger partial charge is 0.407 e. The van der Waals surface area contributed by atoms with Gasteiger partial charge in [0.2, 0.25) is 0 Å². The van der Waals surface area contributed by atoms with E-state index in [1.54, 1.807) is 6.92 Å². The zero-order valence-corrected chi connectivity index (χ0v) is 7.43. The molecule has 2 N–H and O–H groups in total. The maximum atomic E-state index is 10.7. The summed E-state index contributed by atoms with van der Waals surface area (Å²) in [6, 6.07) is 0. The quantitative estimate of drug-likeness (QED) is 0.633. The summed E-state index contributed by atoms with van der Waals surface area (Å²) in [5, 5.41) is 17.4. The molecule has 1 heterocycles. The van der Waals surface area contributed by atoms with Crippen LogP contribution in [0.3, 0.4) is 0 Å². The summed E-state index contributed by atoms with van der Waals surface area (Å²) in [5.74, 6) is -1.31. The predicted octanol–water partition coefficient (Wildman–Crippen LogP) is 0.707. The molecule has 0 spiro atoms. The Morgan fingerprint density at radius 2 is 2.00 bits per heavy atom. The van der Waals surface area contributed by atoms with Crippen LogP contribution in [-0.2, 0) is 4.79 Å². The average Bonchev–Trinajstić information content (AvgIpc) is 2.03. The first-order valence-corrected chi connectivity index (χ1v) is 4.23. The minimum atomic E-state index is -0.962. The van der Waals surface area contributed by atoms with Crippen molar-refractivity contribution in [1.82, 2.24) is 4.90 Å². The van der Waals surface area contributed by atoms with E-state index in [0.29, 0.717) is 19.5 Å². The lowest BCUT2D eigenvalue weighted by Gasteiger charge is -2.32. The molecular weight excluding hydrogens is 174 g/mol. The minimum Gasteiger partial charge on any atom is -0.481 e. The third-order valence-electron chi connectivity index (χ3n) is 2.49. The van der Waals surface area contributed by atoms with Gasteiger partial charge < -0.3 is 15.1 Å². The van der Waals surface area contributed by atoms with Gasteiger partial charge in [-0.2, -0.15) is 0 Å². The number of nitrogens with zero attached hydrogens (tertiary/aromatic N) is 1. The molecule has 0 radical (unpaired) electrons. The normalized spacial score (nSPS) is 28.5. The van der Waals surface area contributed by atoms with Crippen LogP contribution in [0.1, 0.15) is 13.3 Å². The minimum absolute atomic E-state index is 0.0950. The predicted molar refractivity (Wildman–Crippen MR) is 44.5 cm³/mol. The highest BCUT2D eigenvalue weighted by Gasteiger charge is 2.32. The second-order valence-corrected chi connectivity index (χ2v) is 3.44. The van der Waals surface area contributed by atoms with Crippen LogP contribution in [0.2, 0.25) is 0 Å². The Morgan fingerprint density at radius 3 is 2.38 bits per heavy atom. The lowest BCUT2D eigenvalue weighted by molar-refractivity contribution is -0.145. The summed E-state index contributed by atoms with van der Waals surface area (Å²) in [5.41, 5.74) is 0. The van der Waals surface area contributed by atoms with Crippen molar-refractivity contribution < 1.29 is 19.8 Å². The van der Waals surface area contributed by atoms with Crippen LogP contribution in [0, 0.1) is 11.8 Å². The monoisotopic (exact) mass is 187 g/mol. The van der Waals surface area contributed by atoms with Gasteiger partial charge in [-0.1, -0.05) is 6.92 Å². The molecule has 1 amide bonds. The van der Waals surface area contributed by atoms with Gasteiger partial charge in [0.1, 0.15) is 0 Å². The Balaban J connectivity index is 2.56. The first-order chi connectivity index (χ1) is 6.02. The fourth-order valence-electron chi connectivity index (χ4n) is 1.69. The van der Waals surface area contributed by atoms with Crippen molar-refractivity contribution in [2.24, 2.45) is 11.8 Å². The molecular formula is C8H13NO4. The van der Waals surface area contributed by atoms with Crippen molar-refractivity contribution in [3.8, 4) is 0 Å². The number of piperidine rings is 1. The number of rotatable bonds is 1. The molecule has 74 valence electrons. The Kier molecular flexibility index (Phi) is 2.75. The lowest BCUT2D eigenvalue weighted by Crippen LogP contribution is -2.44. The van der Waals surface area contributed by atoms with Gasteiger partial charge in [0.05, 0.1) is 5.92 Å². The molecule has 0 aliphatic carbocycles. The van der Waals surface area contributed by atoms with Gasteiger partial charge in [0.25, 0.3) is 0 Å². The zero-order valence-electron chi connectivity index (χ0n) is 7.43. The van der Waals surface area contributed by atoms with E-state index in [2.05, 4.69) is 0 Å². The first kappa shape index (κ1) is 9.83. The van der Waals surface area contributed by atoms with E-state index in [0.717, 1.165) is 0 Å². The Bertz CT molecular complexity index is 228. The number of carbonyl (C=O) groups is 2. The van der Waals surface area contributed by atoms with Gasteiger partial charge in [-0.05, 0) is 12.3 Å². The molecule has 1 aliphatic heterocycles. The summed E-state index contributed by atoms with van der Waals surface area (Å²) in [6.07, 6.45) is -0.543. The molecule has 1 rings (SSSR count). The van der Waals surface area contributed by atoms with Gasteiger partial charge in [-0.25, -0.2) is 4.79 Å². The molecule has 0 aromatic rings. The molecule has 0 bridgehead atoms. The molecule has 1 saturated heterocycles. The number of hydrogen-bond acceptors (Lipinski definition) is 2. The standard InChI is InChI=1S/C8H13NO4/c1-5-4-9(8(12)13)3-2-6(5)7(10)11/h5-6H,2-4H2,1H3,(H,10,11)(H,12,13). The zero-order chi connectivity index (χ0) is 10.0. The van der Waals surface area contributed by atoms with Crippen molar-refractivity contribution in [2.75, 3.05) is 13.1 Å². The Morgan fingerprint density at radius 1 is 1.38 bits per heavy atom. The average molecular weight is 187 g/mol. The molecule has 5 nitrogen and oxygen atoms in total. The Hall–Kier alpha value is -1.26. The van der Waals surface area contributed by atoms with Crippen molar-refractivity contribution in [3.05, 3.63) is 0 Å². The van der Waals surface area contributed by atoms with Crippen molar-refractivity contribution in [3.63, 3.8) is 0 Å². The van der Waals surface area contributed by atoms with E-state index in [1.807, 2.05) is 0 Å². The van der Waals surface area contributed by atoms with Gasteiger partial charge in [-0.15, -0.1) is 0 Å². The Labute approximate surface area is 76.0 Å². The second-order valence-electron chi connectivity index (χ2n) is 3.44. The van der Waals surface area contributed by atoms with Gasteiger partial charge in [0.15, 0.2) is 0 Å². The van der Waals surface area contributed by atoms with Crippen molar-refractivity contribution in [2.45, 2.75) is 13.3 Å².